The standard InChI is InChI=1S/C39H47NO6/c1-4-6-8-10-12-26-43-30(3)38(41)45-36-22-16-32(17-23-36)33-18-24-37(25-19-33)46-39(42)34(29-40)28-31-14-20-35(21-15-31)44-27-13-11-9-7-5-2/h14-25,28,30H,4-13,26-27H2,1-3H3/b34-28-. The van der Waals surface area contributed by atoms with E-state index >= 15 is 0 Å². The second-order valence-electron chi connectivity index (χ2n) is 11.3. The minimum Gasteiger partial charge on any atom is -0.494 e. The number of carbonyl (C=O) groups excluding carboxylic acids is 2. The van der Waals surface area contributed by atoms with E-state index in [0.717, 1.165) is 42.6 Å². The van der Waals surface area contributed by atoms with Crippen molar-refractivity contribution in [1.82, 2.24) is 0 Å². The maximum absolute atomic E-state index is 12.7. The van der Waals surface area contributed by atoms with Crippen LogP contribution in [0.1, 0.15) is 90.5 Å². The largest absolute Gasteiger partial charge is 0.494 e. The SMILES string of the molecule is CCCCCCCOc1ccc(/C=C(/C#N)C(=O)Oc2ccc(-c3ccc(OC(=O)C(C)OCCCCCCC)cc3)cc2)cc1. The molecule has 0 N–H and O–H groups in total. The third-order valence-electron chi connectivity index (χ3n) is 7.47. The number of nitriles is 1. The molecule has 0 radical (unpaired) electrons. The Hall–Kier alpha value is -4.41. The molecule has 0 amide bonds. The molecule has 0 bridgehead atoms. The Morgan fingerprint density at radius 2 is 1.17 bits per heavy atom. The summed E-state index contributed by atoms with van der Waals surface area (Å²) in [5.41, 5.74) is 2.38. The van der Waals surface area contributed by atoms with Gasteiger partial charge in [-0.1, -0.05) is 102 Å². The highest BCUT2D eigenvalue weighted by Gasteiger charge is 2.16. The summed E-state index contributed by atoms with van der Waals surface area (Å²) in [5, 5.41) is 9.59. The summed E-state index contributed by atoms with van der Waals surface area (Å²) < 4.78 is 22.4. The molecule has 0 fully saturated rings. The van der Waals surface area contributed by atoms with E-state index in [4.69, 9.17) is 18.9 Å². The number of unbranched alkanes of at least 4 members (excludes halogenated alkanes) is 8. The lowest BCUT2D eigenvalue weighted by Gasteiger charge is -2.13. The Bertz CT molecular complexity index is 1400. The number of nitrogens with zero attached hydrogens (tertiary/aromatic N) is 1. The van der Waals surface area contributed by atoms with Gasteiger partial charge in [-0.2, -0.15) is 5.26 Å². The Labute approximate surface area is 274 Å². The number of rotatable bonds is 20. The van der Waals surface area contributed by atoms with E-state index in [1.807, 2.05) is 54.6 Å². The molecule has 3 aromatic carbocycles. The summed E-state index contributed by atoms with van der Waals surface area (Å²) in [5.74, 6) is 0.361. The summed E-state index contributed by atoms with van der Waals surface area (Å²) in [6.07, 6.45) is 12.4. The molecule has 0 aliphatic rings. The van der Waals surface area contributed by atoms with E-state index in [0.29, 0.717) is 30.3 Å². The first-order chi connectivity index (χ1) is 22.4. The lowest BCUT2D eigenvalue weighted by Crippen LogP contribution is -2.26. The zero-order valence-electron chi connectivity index (χ0n) is 27.5. The van der Waals surface area contributed by atoms with Crippen molar-refractivity contribution in [3.63, 3.8) is 0 Å². The summed E-state index contributed by atoms with van der Waals surface area (Å²) in [6.45, 7) is 7.29. The molecule has 0 heterocycles. The normalized spacial score (nSPS) is 11.8. The van der Waals surface area contributed by atoms with Crippen molar-refractivity contribution < 1.29 is 28.5 Å². The van der Waals surface area contributed by atoms with Crippen LogP contribution in [0.15, 0.2) is 78.4 Å². The van der Waals surface area contributed by atoms with Gasteiger partial charge in [0.05, 0.1) is 6.61 Å². The maximum Gasteiger partial charge on any atom is 0.354 e. The van der Waals surface area contributed by atoms with Crippen LogP contribution in [-0.2, 0) is 14.3 Å². The van der Waals surface area contributed by atoms with Gasteiger partial charge in [0.2, 0.25) is 0 Å². The van der Waals surface area contributed by atoms with Crippen LogP contribution in [-0.4, -0.2) is 31.3 Å². The molecule has 0 aromatic heterocycles. The van der Waals surface area contributed by atoms with Crippen molar-refractivity contribution in [1.29, 1.82) is 5.26 Å². The molecular weight excluding hydrogens is 578 g/mol. The van der Waals surface area contributed by atoms with Crippen LogP contribution in [0.2, 0.25) is 0 Å². The van der Waals surface area contributed by atoms with Crippen molar-refractivity contribution in [3.05, 3.63) is 83.9 Å². The topological polar surface area (TPSA) is 94.9 Å². The summed E-state index contributed by atoms with van der Waals surface area (Å²) in [7, 11) is 0. The zero-order valence-corrected chi connectivity index (χ0v) is 27.5. The molecule has 3 rings (SSSR count). The van der Waals surface area contributed by atoms with Crippen LogP contribution in [0.25, 0.3) is 17.2 Å². The van der Waals surface area contributed by atoms with Gasteiger partial charge in [0, 0.05) is 6.61 Å². The number of hydrogen-bond acceptors (Lipinski definition) is 7. The third-order valence-corrected chi connectivity index (χ3v) is 7.47. The molecule has 0 saturated carbocycles. The first-order valence-corrected chi connectivity index (χ1v) is 16.5. The summed E-state index contributed by atoms with van der Waals surface area (Å²) in [6, 6.07) is 23.4. The Balaban J connectivity index is 1.47. The van der Waals surface area contributed by atoms with Crippen LogP contribution in [0.5, 0.6) is 17.2 Å². The third kappa shape index (κ3) is 12.9. The minimum absolute atomic E-state index is 0.106. The van der Waals surface area contributed by atoms with E-state index < -0.39 is 18.0 Å². The molecule has 0 aliphatic carbocycles. The number of carbonyl (C=O) groups is 2. The zero-order chi connectivity index (χ0) is 33.0. The highest BCUT2D eigenvalue weighted by atomic mass is 16.6. The van der Waals surface area contributed by atoms with Crippen molar-refractivity contribution in [2.45, 2.75) is 91.1 Å². The monoisotopic (exact) mass is 625 g/mol. The smallest absolute Gasteiger partial charge is 0.354 e. The molecule has 7 nitrogen and oxygen atoms in total. The van der Waals surface area contributed by atoms with Crippen LogP contribution in [0, 0.1) is 11.3 Å². The van der Waals surface area contributed by atoms with E-state index in [-0.39, 0.29) is 5.57 Å². The quantitative estimate of drug-likeness (QED) is 0.0406. The molecular formula is C39H47NO6. The molecule has 46 heavy (non-hydrogen) atoms. The first kappa shape index (κ1) is 36.1. The average Bonchev–Trinajstić information content (AvgIpc) is 3.08. The van der Waals surface area contributed by atoms with Crippen molar-refractivity contribution in [2.75, 3.05) is 13.2 Å². The highest BCUT2D eigenvalue weighted by molar-refractivity contribution is 5.99. The van der Waals surface area contributed by atoms with Gasteiger partial charge in [-0.3, -0.25) is 0 Å². The van der Waals surface area contributed by atoms with E-state index in [1.165, 1.54) is 44.6 Å². The fraction of sp³-hybridized carbons (Fsp3) is 0.410. The lowest BCUT2D eigenvalue weighted by molar-refractivity contribution is -0.146. The van der Waals surface area contributed by atoms with Crippen molar-refractivity contribution >= 4 is 18.0 Å². The first-order valence-electron chi connectivity index (χ1n) is 16.5. The van der Waals surface area contributed by atoms with Crippen LogP contribution < -0.4 is 14.2 Å². The Morgan fingerprint density at radius 1 is 0.674 bits per heavy atom. The highest BCUT2D eigenvalue weighted by Crippen LogP contribution is 2.26. The second kappa shape index (κ2) is 20.6. The van der Waals surface area contributed by atoms with Crippen LogP contribution in [0.4, 0.5) is 0 Å². The van der Waals surface area contributed by atoms with Gasteiger partial charge in [0.25, 0.3) is 0 Å². The van der Waals surface area contributed by atoms with Gasteiger partial charge in [-0.15, -0.1) is 0 Å². The molecule has 0 aliphatic heterocycles. The predicted molar refractivity (Wildman–Crippen MR) is 182 cm³/mol. The molecule has 1 unspecified atom stereocenters. The number of benzene rings is 3. The molecule has 7 heteroatoms. The number of esters is 2. The number of ether oxygens (including phenoxy) is 4. The Kier molecular flexibility index (Phi) is 16.1. The van der Waals surface area contributed by atoms with Gasteiger partial charge >= 0.3 is 11.9 Å². The number of hydrogen-bond donors (Lipinski definition) is 0. The van der Waals surface area contributed by atoms with Crippen LogP contribution in [0.3, 0.4) is 0 Å². The maximum atomic E-state index is 12.7. The van der Waals surface area contributed by atoms with Gasteiger partial charge in [0.1, 0.15) is 28.9 Å². The molecule has 3 aromatic rings. The molecule has 1 atom stereocenters. The van der Waals surface area contributed by atoms with E-state index in [1.54, 1.807) is 31.2 Å². The molecule has 244 valence electrons. The minimum atomic E-state index is -0.733. The summed E-state index contributed by atoms with van der Waals surface area (Å²) in [4.78, 5) is 25.1. The van der Waals surface area contributed by atoms with Crippen molar-refractivity contribution in [3.8, 4) is 34.4 Å². The second-order valence-corrected chi connectivity index (χ2v) is 11.3. The lowest BCUT2D eigenvalue weighted by atomic mass is 10.1. The molecule has 0 saturated heterocycles. The fourth-order valence-electron chi connectivity index (χ4n) is 4.69. The van der Waals surface area contributed by atoms with Gasteiger partial charge in [0.15, 0.2) is 6.10 Å². The summed E-state index contributed by atoms with van der Waals surface area (Å²) >= 11 is 0. The van der Waals surface area contributed by atoms with Crippen LogP contribution >= 0.6 is 0 Å². The fourth-order valence-corrected chi connectivity index (χ4v) is 4.69. The van der Waals surface area contributed by atoms with Gasteiger partial charge in [-0.05, 0) is 78.9 Å². The molecule has 0 spiro atoms. The average molecular weight is 626 g/mol. The predicted octanol–water partition coefficient (Wildman–Crippen LogP) is 9.50. The van der Waals surface area contributed by atoms with Gasteiger partial charge in [-0.25, -0.2) is 9.59 Å². The van der Waals surface area contributed by atoms with E-state index in [2.05, 4.69) is 13.8 Å². The van der Waals surface area contributed by atoms with Crippen molar-refractivity contribution in [2.24, 2.45) is 0 Å². The Morgan fingerprint density at radius 3 is 1.72 bits per heavy atom. The van der Waals surface area contributed by atoms with Gasteiger partial charge < -0.3 is 18.9 Å². The van der Waals surface area contributed by atoms with E-state index in [9.17, 15) is 14.9 Å².